The summed E-state index contributed by atoms with van der Waals surface area (Å²) in [7, 11) is 1.67. The molecule has 114 valence electrons. The maximum absolute atomic E-state index is 12.4. The summed E-state index contributed by atoms with van der Waals surface area (Å²) in [6.07, 6.45) is 2.21. The Labute approximate surface area is 119 Å². The van der Waals surface area contributed by atoms with E-state index in [-0.39, 0.29) is 18.3 Å². The molecule has 4 aliphatic rings. The molecule has 4 fully saturated rings. The van der Waals surface area contributed by atoms with E-state index in [1.807, 2.05) is 6.92 Å². The van der Waals surface area contributed by atoms with Crippen LogP contribution in [0.3, 0.4) is 0 Å². The SMILES string of the molecule is CCC12OC(CCN1C(=O)ON1CCCNC1)C2OC. The monoisotopic (exact) mass is 285 g/mol. The van der Waals surface area contributed by atoms with Gasteiger partial charge in [-0.15, -0.1) is 5.06 Å². The van der Waals surface area contributed by atoms with Gasteiger partial charge in [0, 0.05) is 20.2 Å². The summed E-state index contributed by atoms with van der Waals surface area (Å²) >= 11 is 0. The smallest absolute Gasteiger partial charge is 0.374 e. The van der Waals surface area contributed by atoms with Gasteiger partial charge in [0.1, 0.15) is 6.10 Å². The average molecular weight is 285 g/mol. The molecule has 0 radical (unpaired) electrons. The number of nitrogens with zero attached hydrogens (tertiary/aromatic N) is 2. The maximum Gasteiger partial charge on any atom is 0.431 e. The van der Waals surface area contributed by atoms with Gasteiger partial charge >= 0.3 is 6.09 Å². The number of hydroxylamine groups is 2. The van der Waals surface area contributed by atoms with E-state index in [9.17, 15) is 4.79 Å². The Morgan fingerprint density at radius 3 is 3.00 bits per heavy atom. The van der Waals surface area contributed by atoms with Crippen LogP contribution in [0.4, 0.5) is 4.79 Å². The predicted octanol–water partition coefficient (Wildman–Crippen LogP) is 0.517. The molecule has 2 bridgehead atoms. The van der Waals surface area contributed by atoms with Crippen molar-refractivity contribution in [2.24, 2.45) is 0 Å². The molecule has 0 aromatic heterocycles. The summed E-state index contributed by atoms with van der Waals surface area (Å²) in [6.45, 7) is 4.99. The van der Waals surface area contributed by atoms with E-state index in [0.29, 0.717) is 19.6 Å². The standard InChI is InChI=1S/C13H23N3O4/c1-3-13-11(18-2)10(19-13)5-8-16(13)12(17)20-15-7-4-6-14-9-15/h10-11,14H,3-9H2,1-2H3. The number of fused-ring (bicyclic) bond motifs is 2. The molecule has 3 atom stereocenters. The highest BCUT2D eigenvalue weighted by atomic mass is 16.7. The van der Waals surface area contributed by atoms with Crippen molar-refractivity contribution in [3.05, 3.63) is 0 Å². The number of hydrogen-bond donors (Lipinski definition) is 1. The van der Waals surface area contributed by atoms with Crippen molar-refractivity contribution in [3.63, 3.8) is 0 Å². The third-order valence-electron chi connectivity index (χ3n) is 4.47. The molecule has 7 nitrogen and oxygen atoms in total. The van der Waals surface area contributed by atoms with Crippen LogP contribution < -0.4 is 5.32 Å². The van der Waals surface area contributed by atoms with Gasteiger partial charge in [0.2, 0.25) is 0 Å². The number of amides is 1. The van der Waals surface area contributed by atoms with Gasteiger partial charge in [-0.05, 0) is 25.8 Å². The Morgan fingerprint density at radius 1 is 1.50 bits per heavy atom. The molecule has 0 saturated carbocycles. The highest BCUT2D eigenvalue weighted by Gasteiger charge is 2.63. The van der Waals surface area contributed by atoms with Gasteiger partial charge in [0.05, 0.1) is 12.8 Å². The van der Waals surface area contributed by atoms with Crippen LogP contribution in [0.1, 0.15) is 26.2 Å². The summed E-state index contributed by atoms with van der Waals surface area (Å²) in [5.74, 6) is 0. The van der Waals surface area contributed by atoms with Crippen LogP contribution >= 0.6 is 0 Å². The van der Waals surface area contributed by atoms with Crippen LogP contribution in [-0.2, 0) is 14.3 Å². The Morgan fingerprint density at radius 2 is 2.35 bits per heavy atom. The second-order valence-electron chi connectivity index (χ2n) is 5.53. The number of rotatable bonds is 3. The zero-order chi connectivity index (χ0) is 14.2. The lowest BCUT2D eigenvalue weighted by atomic mass is 9.83. The van der Waals surface area contributed by atoms with Gasteiger partial charge in [-0.2, -0.15) is 0 Å². The first-order valence-electron chi connectivity index (χ1n) is 7.37. The minimum absolute atomic E-state index is 0.0479. The first-order chi connectivity index (χ1) is 9.71. The van der Waals surface area contributed by atoms with Crippen molar-refractivity contribution < 1.29 is 19.1 Å². The van der Waals surface area contributed by atoms with Gasteiger partial charge in [-0.1, -0.05) is 6.92 Å². The van der Waals surface area contributed by atoms with E-state index in [4.69, 9.17) is 14.3 Å². The number of ether oxygens (including phenoxy) is 2. The van der Waals surface area contributed by atoms with Crippen molar-refractivity contribution in [3.8, 4) is 0 Å². The molecule has 0 aliphatic carbocycles. The summed E-state index contributed by atoms with van der Waals surface area (Å²) in [5.41, 5.74) is -0.641. The van der Waals surface area contributed by atoms with E-state index < -0.39 is 5.72 Å². The minimum Gasteiger partial charge on any atom is -0.374 e. The fourth-order valence-electron chi connectivity index (χ4n) is 3.44. The molecular formula is C13H23N3O4. The van der Waals surface area contributed by atoms with Crippen molar-refractivity contribution in [2.75, 3.05) is 33.4 Å². The van der Waals surface area contributed by atoms with E-state index in [1.54, 1.807) is 17.1 Å². The van der Waals surface area contributed by atoms with Gasteiger partial charge in [0.25, 0.3) is 0 Å². The van der Waals surface area contributed by atoms with Crippen LogP contribution in [-0.4, -0.2) is 67.4 Å². The lowest BCUT2D eigenvalue weighted by Crippen LogP contribution is -2.78. The van der Waals surface area contributed by atoms with Crippen molar-refractivity contribution in [1.82, 2.24) is 15.3 Å². The van der Waals surface area contributed by atoms with Gasteiger partial charge < -0.3 is 19.6 Å². The molecule has 0 aromatic carbocycles. The first-order valence-corrected chi connectivity index (χ1v) is 7.37. The van der Waals surface area contributed by atoms with Crippen LogP contribution in [0.15, 0.2) is 0 Å². The number of methoxy groups -OCH3 is 1. The molecule has 0 aromatic rings. The summed E-state index contributed by atoms with van der Waals surface area (Å²) < 4.78 is 11.4. The minimum atomic E-state index is -0.641. The topological polar surface area (TPSA) is 63.3 Å². The summed E-state index contributed by atoms with van der Waals surface area (Å²) in [6, 6.07) is 0. The number of carbonyl (C=O) groups is 1. The highest BCUT2D eigenvalue weighted by Crippen LogP contribution is 2.46. The van der Waals surface area contributed by atoms with Gasteiger partial charge in [-0.3, -0.25) is 4.90 Å². The average Bonchev–Trinajstić information content (AvgIpc) is 2.48. The van der Waals surface area contributed by atoms with E-state index in [2.05, 4.69) is 5.32 Å². The molecule has 3 unspecified atom stereocenters. The Bertz CT molecular complexity index is 375. The van der Waals surface area contributed by atoms with Crippen LogP contribution in [0.5, 0.6) is 0 Å². The maximum atomic E-state index is 12.4. The van der Waals surface area contributed by atoms with E-state index in [1.165, 1.54) is 0 Å². The molecule has 1 N–H and O–H groups in total. The van der Waals surface area contributed by atoms with Gasteiger partial charge in [0.15, 0.2) is 5.72 Å². The number of hydrogen-bond acceptors (Lipinski definition) is 6. The Balaban J connectivity index is 1.66. The quantitative estimate of drug-likeness (QED) is 0.815. The molecule has 1 amide bonds. The second-order valence-corrected chi connectivity index (χ2v) is 5.53. The third kappa shape index (κ3) is 2.09. The van der Waals surface area contributed by atoms with Crippen LogP contribution in [0.2, 0.25) is 0 Å². The molecule has 4 saturated heterocycles. The third-order valence-corrected chi connectivity index (χ3v) is 4.47. The molecular weight excluding hydrogens is 262 g/mol. The number of nitrogens with one attached hydrogen (secondary N) is 1. The Kier molecular flexibility index (Phi) is 3.85. The summed E-state index contributed by atoms with van der Waals surface area (Å²) in [4.78, 5) is 19.6. The predicted molar refractivity (Wildman–Crippen MR) is 70.7 cm³/mol. The zero-order valence-electron chi connectivity index (χ0n) is 12.1. The van der Waals surface area contributed by atoms with Crippen molar-refractivity contribution in [1.29, 1.82) is 0 Å². The van der Waals surface area contributed by atoms with Gasteiger partial charge in [-0.25, -0.2) is 4.79 Å². The molecule has 4 rings (SSSR count). The lowest BCUT2D eigenvalue weighted by molar-refractivity contribution is -0.373. The first kappa shape index (κ1) is 14.1. The molecule has 4 heterocycles. The molecule has 7 heteroatoms. The van der Waals surface area contributed by atoms with Crippen molar-refractivity contribution in [2.45, 2.75) is 44.1 Å². The molecule has 0 spiro atoms. The molecule has 4 aliphatic heterocycles. The van der Waals surface area contributed by atoms with E-state index >= 15 is 0 Å². The normalized spacial score (nSPS) is 37.4. The van der Waals surface area contributed by atoms with Crippen LogP contribution in [0, 0.1) is 0 Å². The van der Waals surface area contributed by atoms with Crippen molar-refractivity contribution >= 4 is 6.09 Å². The second kappa shape index (κ2) is 5.48. The zero-order valence-corrected chi connectivity index (χ0v) is 12.1. The largest absolute Gasteiger partial charge is 0.431 e. The molecule has 20 heavy (non-hydrogen) atoms. The fraction of sp³-hybridized carbons (Fsp3) is 0.923. The fourth-order valence-corrected chi connectivity index (χ4v) is 3.44. The van der Waals surface area contributed by atoms with E-state index in [0.717, 1.165) is 25.9 Å². The number of carbonyl (C=O) groups excluding carboxylic acids is 1. The van der Waals surface area contributed by atoms with Crippen LogP contribution in [0.25, 0.3) is 0 Å². The Hall–Kier alpha value is -0.890. The number of piperidine rings is 1. The highest BCUT2D eigenvalue weighted by molar-refractivity contribution is 5.69. The lowest BCUT2D eigenvalue weighted by Gasteiger charge is -2.61. The summed E-state index contributed by atoms with van der Waals surface area (Å²) in [5, 5.41) is 4.85.